The number of ether oxygens (including phenoxy) is 1. The molecule has 0 saturated carbocycles. The molecule has 2 atom stereocenters. The van der Waals surface area contributed by atoms with Gasteiger partial charge in [-0.25, -0.2) is 9.59 Å². The van der Waals surface area contributed by atoms with Gasteiger partial charge in [0.15, 0.2) is 0 Å². The van der Waals surface area contributed by atoms with Crippen molar-refractivity contribution in [3.63, 3.8) is 0 Å². The lowest BCUT2D eigenvalue weighted by molar-refractivity contribution is -0.139. The van der Waals surface area contributed by atoms with Crippen LogP contribution in [0.2, 0.25) is 0 Å². The fourth-order valence-corrected chi connectivity index (χ4v) is 4.07. The van der Waals surface area contributed by atoms with Gasteiger partial charge in [0.2, 0.25) is 11.8 Å². The van der Waals surface area contributed by atoms with Crippen molar-refractivity contribution in [3.05, 3.63) is 0 Å². The predicted molar refractivity (Wildman–Crippen MR) is 118 cm³/mol. The van der Waals surface area contributed by atoms with Crippen LogP contribution in [0.4, 0.5) is 4.79 Å². The molecule has 0 radical (unpaired) electrons. The molecular formula is C22H38N4O6. The van der Waals surface area contributed by atoms with E-state index in [1.807, 2.05) is 0 Å². The Morgan fingerprint density at radius 2 is 1.84 bits per heavy atom. The number of carboxylic acids is 1. The maximum Gasteiger partial charge on any atom is 0.408 e. The second kappa shape index (κ2) is 12.0. The smallest absolute Gasteiger partial charge is 0.408 e. The van der Waals surface area contributed by atoms with Crippen molar-refractivity contribution in [2.75, 3.05) is 32.7 Å². The van der Waals surface area contributed by atoms with Gasteiger partial charge in [0, 0.05) is 26.1 Å². The lowest BCUT2D eigenvalue weighted by atomic mass is 9.92. The molecule has 2 rings (SSSR count). The number of rotatable bonds is 8. The van der Waals surface area contributed by atoms with Gasteiger partial charge < -0.3 is 30.7 Å². The SMILES string of the molecule is CC(C)(C)OC(=O)N[C@H](CNC(=O)[C@@H]1CCCN(C(=O)CCC2CCNCC2)C1)C(=O)O. The second-order valence-electron chi connectivity index (χ2n) is 9.69. The molecule has 2 saturated heterocycles. The fraction of sp³-hybridized carbons (Fsp3) is 0.818. The maximum atomic E-state index is 12.6. The Morgan fingerprint density at radius 1 is 1.16 bits per heavy atom. The van der Waals surface area contributed by atoms with Gasteiger partial charge in [-0.05, 0) is 71.9 Å². The molecule has 4 N–H and O–H groups in total. The molecule has 0 aliphatic carbocycles. The molecule has 0 unspecified atom stereocenters. The van der Waals surface area contributed by atoms with E-state index in [0.717, 1.165) is 38.8 Å². The summed E-state index contributed by atoms with van der Waals surface area (Å²) in [5.74, 6) is -1.30. The number of hydrogen-bond acceptors (Lipinski definition) is 6. The van der Waals surface area contributed by atoms with Crippen LogP contribution in [0.3, 0.4) is 0 Å². The quantitative estimate of drug-likeness (QED) is 0.431. The highest BCUT2D eigenvalue weighted by Crippen LogP contribution is 2.21. The molecule has 2 aliphatic heterocycles. The van der Waals surface area contributed by atoms with Crippen molar-refractivity contribution in [2.24, 2.45) is 11.8 Å². The predicted octanol–water partition coefficient (Wildman–Crippen LogP) is 1.10. The van der Waals surface area contributed by atoms with E-state index in [2.05, 4.69) is 16.0 Å². The van der Waals surface area contributed by atoms with Crippen LogP contribution in [0.15, 0.2) is 0 Å². The van der Waals surface area contributed by atoms with Gasteiger partial charge in [-0.2, -0.15) is 0 Å². The highest BCUT2D eigenvalue weighted by molar-refractivity contribution is 5.83. The molecular weight excluding hydrogens is 416 g/mol. The molecule has 182 valence electrons. The average molecular weight is 455 g/mol. The summed E-state index contributed by atoms with van der Waals surface area (Å²) >= 11 is 0. The van der Waals surface area contributed by atoms with E-state index in [9.17, 15) is 24.3 Å². The molecule has 0 bridgehead atoms. The van der Waals surface area contributed by atoms with Crippen molar-refractivity contribution >= 4 is 23.9 Å². The van der Waals surface area contributed by atoms with Crippen molar-refractivity contribution in [3.8, 4) is 0 Å². The Bertz CT molecular complexity index is 672. The highest BCUT2D eigenvalue weighted by Gasteiger charge is 2.30. The Balaban J connectivity index is 1.79. The van der Waals surface area contributed by atoms with Gasteiger partial charge in [0.1, 0.15) is 11.6 Å². The molecule has 10 nitrogen and oxygen atoms in total. The van der Waals surface area contributed by atoms with Crippen LogP contribution in [-0.2, 0) is 19.1 Å². The van der Waals surface area contributed by atoms with Gasteiger partial charge >= 0.3 is 12.1 Å². The second-order valence-corrected chi connectivity index (χ2v) is 9.69. The fourth-order valence-electron chi connectivity index (χ4n) is 4.07. The van der Waals surface area contributed by atoms with E-state index in [4.69, 9.17) is 4.74 Å². The summed E-state index contributed by atoms with van der Waals surface area (Å²) in [7, 11) is 0. The third kappa shape index (κ3) is 9.02. The van der Waals surface area contributed by atoms with E-state index < -0.39 is 23.7 Å². The van der Waals surface area contributed by atoms with Crippen LogP contribution in [0.5, 0.6) is 0 Å². The van der Waals surface area contributed by atoms with E-state index in [-0.39, 0.29) is 24.3 Å². The van der Waals surface area contributed by atoms with E-state index in [1.165, 1.54) is 0 Å². The largest absolute Gasteiger partial charge is 0.480 e. The van der Waals surface area contributed by atoms with Crippen molar-refractivity contribution in [1.82, 2.24) is 20.9 Å². The minimum absolute atomic E-state index is 0.0797. The summed E-state index contributed by atoms with van der Waals surface area (Å²) in [5, 5.41) is 17.5. The monoisotopic (exact) mass is 454 g/mol. The molecule has 10 heteroatoms. The molecule has 0 aromatic carbocycles. The van der Waals surface area contributed by atoms with Crippen LogP contribution >= 0.6 is 0 Å². The highest BCUT2D eigenvalue weighted by atomic mass is 16.6. The summed E-state index contributed by atoms with van der Waals surface area (Å²) < 4.78 is 5.07. The Labute approximate surface area is 189 Å². The number of amides is 3. The number of hydrogen-bond donors (Lipinski definition) is 4. The van der Waals surface area contributed by atoms with Crippen LogP contribution in [0.25, 0.3) is 0 Å². The van der Waals surface area contributed by atoms with Gasteiger partial charge in [0.25, 0.3) is 0 Å². The van der Waals surface area contributed by atoms with Crippen LogP contribution in [0.1, 0.15) is 59.3 Å². The average Bonchev–Trinajstić information content (AvgIpc) is 2.74. The lowest BCUT2D eigenvalue weighted by Gasteiger charge is -2.33. The van der Waals surface area contributed by atoms with Crippen molar-refractivity contribution in [2.45, 2.75) is 70.9 Å². The van der Waals surface area contributed by atoms with Crippen molar-refractivity contribution in [1.29, 1.82) is 0 Å². The summed E-state index contributed by atoms with van der Waals surface area (Å²) in [6, 6.07) is -1.31. The third-order valence-electron chi connectivity index (χ3n) is 5.84. The molecule has 3 amide bonds. The van der Waals surface area contributed by atoms with Gasteiger partial charge in [-0.3, -0.25) is 9.59 Å². The van der Waals surface area contributed by atoms with Crippen LogP contribution in [0, 0.1) is 11.8 Å². The van der Waals surface area contributed by atoms with E-state index >= 15 is 0 Å². The normalized spacial score (nSPS) is 20.8. The number of alkyl carbamates (subject to hydrolysis) is 1. The topological polar surface area (TPSA) is 137 Å². The first kappa shape index (κ1) is 25.9. The lowest BCUT2D eigenvalue weighted by Crippen LogP contribution is -2.52. The number of nitrogens with zero attached hydrogens (tertiary/aromatic N) is 1. The first-order valence-electron chi connectivity index (χ1n) is 11.5. The Morgan fingerprint density at radius 3 is 2.47 bits per heavy atom. The third-order valence-corrected chi connectivity index (χ3v) is 5.84. The van der Waals surface area contributed by atoms with E-state index in [0.29, 0.717) is 31.8 Å². The molecule has 2 heterocycles. The summed E-state index contributed by atoms with van der Waals surface area (Å²) in [6.07, 6.45) is 4.09. The van der Waals surface area contributed by atoms with Crippen LogP contribution < -0.4 is 16.0 Å². The van der Waals surface area contributed by atoms with Gasteiger partial charge in [0.05, 0.1) is 5.92 Å². The standard InChI is InChI=1S/C22H38N4O6/c1-22(2,3)32-21(31)25-17(20(29)30)13-24-19(28)16-5-4-12-26(14-16)18(27)7-6-15-8-10-23-11-9-15/h15-17,23H,4-14H2,1-3H3,(H,24,28)(H,25,31)(H,29,30)/t16-,17-/m1/s1. The van der Waals surface area contributed by atoms with Crippen LogP contribution in [-0.4, -0.2) is 78.3 Å². The van der Waals surface area contributed by atoms with Crippen molar-refractivity contribution < 1.29 is 29.0 Å². The Hall–Kier alpha value is -2.36. The zero-order valence-corrected chi connectivity index (χ0v) is 19.4. The molecule has 0 aromatic rings. The zero-order valence-electron chi connectivity index (χ0n) is 19.4. The number of carboxylic acid groups (broad SMARTS) is 1. The molecule has 0 aromatic heterocycles. The molecule has 2 fully saturated rings. The first-order valence-corrected chi connectivity index (χ1v) is 11.5. The number of piperidine rings is 2. The molecule has 32 heavy (non-hydrogen) atoms. The summed E-state index contributed by atoms with van der Waals surface area (Å²) in [5.41, 5.74) is -0.762. The number of carbonyl (C=O) groups is 4. The number of carbonyl (C=O) groups excluding carboxylic acids is 3. The summed E-state index contributed by atoms with van der Waals surface area (Å²) in [6.45, 7) is 7.76. The van der Waals surface area contributed by atoms with Gasteiger partial charge in [-0.15, -0.1) is 0 Å². The minimum atomic E-state index is -1.31. The number of nitrogens with one attached hydrogen (secondary N) is 3. The minimum Gasteiger partial charge on any atom is -0.480 e. The number of aliphatic carboxylic acids is 1. The molecule has 0 spiro atoms. The first-order chi connectivity index (χ1) is 15.0. The molecule has 2 aliphatic rings. The zero-order chi connectivity index (χ0) is 23.7. The summed E-state index contributed by atoms with van der Waals surface area (Å²) in [4.78, 5) is 50.3. The Kier molecular flexibility index (Phi) is 9.74. The van der Waals surface area contributed by atoms with Gasteiger partial charge in [-0.1, -0.05) is 0 Å². The maximum absolute atomic E-state index is 12.6. The van der Waals surface area contributed by atoms with E-state index in [1.54, 1.807) is 25.7 Å². The number of likely N-dealkylation sites (tertiary alicyclic amines) is 1.